The van der Waals surface area contributed by atoms with Gasteiger partial charge in [-0.05, 0) is 30.7 Å². The van der Waals surface area contributed by atoms with E-state index >= 15 is 0 Å². The number of nitrogens with one attached hydrogen (secondary N) is 1. The number of rotatable bonds is 7. The van der Waals surface area contributed by atoms with Crippen molar-refractivity contribution < 1.29 is 9.00 Å². The number of primary amides is 1. The summed E-state index contributed by atoms with van der Waals surface area (Å²) in [7, 11) is -0.788. The number of nitrogens with two attached hydrogens (primary N) is 1. The summed E-state index contributed by atoms with van der Waals surface area (Å²) in [4.78, 5) is 11.0. The minimum absolute atomic E-state index is 0.181. The first-order valence-corrected chi connectivity index (χ1v) is 8.03. The first kappa shape index (κ1) is 16.1. The summed E-state index contributed by atoms with van der Waals surface area (Å²) in [5, 5.41) is 3.95. The van der Waals surface area contributed by atoms with Gasteiger partial charge in [0.05, 0.1) is 0 Å². The maximum atomic E-state index is 11.2. The molecule has 1 aromatic carbocycles. The topological polar surface area (TPSA) is 72.2 Å². The highest BCUT2D eigenvalue weighted by atomic mass is 35.5. The van der Waals surface area contributed by atoms with Gasteiger partial charge in [-0.2, -0.15) is 0 Å². The van der Waals surface area contributed by atoms with E-state index < -0.39 is 16.7 Å². The maximum absolute atomic E-state index is 11.2. The lowest BCUT2D eigenvalue weighted by Gasteiger charge is -2.10. The first-order chi connectivity index (χ1) is 8.91. The smallest absolute Gasteiger partial charge is 0.248 e. The van der Waals surface area contributed by atoms with Gasteiger partial charge in [0, 0.05) is 39.4 Å². The van der Waals surface area contributed by atoms with E-state index in [1.807, 2.05) is 6.92 Å². The molecule has 0 heterocycles. The Balaban J connectivity index is 2.46. The lowest BCUT2D eigenvalue weighted by atomic mass is 10.1. The van der Waals surface area contributed by atoms with Gasteiger partial charge in [-0.15, -0.1) is 0 Å². The molecule has 0 saturated heterocycles. The molecule has 0 spiro atoms. The van der Waals surface area contributed by atoms with E-state index in [9.17, 15) is 9.00 Å². The number of carbonyl (C=O) groups is 1. The van der Waals surface area contributed by atoms with E-state index in [4.69, 9.17) is 17.3 Å². The van der Waals surface area contributed by atoms with Gasteiger partial charge in [0.25, 0.3) is 0 Å². The molecule has 0 aliphatic rings. The molecule has 0 fully saturated rings. The Labute approximate surface area is 121 Å². The summed E-state index contributed by atoms with van der Waals surface area (Å²) >= 11 is 6.07. The van der Waals surface area contributed by atoms with Gasteiger partial charge in [-0.1, -0.05) is 24.6 Å². The van der Waals surface area contributed by atoms with E-state index in [1.165, 1.54) is 0 Å². The van der Waals surface area contributed by atoms with Crippen molar-refractivity contribution in [2.45, 2.75) is 25.1 Å². The van der Waals surface area contributed by atoms with Crippen LogP contribution < -0.4 is 11.1 Å². The van der Waals surface area contributed by atoms with Crippen LogP contribution >= 0.6 is 11.6 Å². The third-order valence-electron chi connectivity index (χ3n) is 2.95. The highest BCUT2D eigenvalue weighted by molar-refractivity contribution is 7.84. The van der Waals surface area contributed by atoms with Crippen LogP contribution in [-0.4, -0.2) is 28.2 Å². The van der Waals surface area contributed by atoms with Gasteiger partial charge in [-0.3, -0.25) is 9.00 Å². The molecule has 0 radical (unpaired) electrons. The maximum Gasteiger partial charge on any atom is 0.248 e. The molecule has 0 bridgehead atoms. The first-order valence-electron chi connectivity index (χ1n) is 6.03. The van der Waals surface area contributed by atoms with Crippen molar-refractivity contribution in [2.24, 2.45) is 5.73 Å². The van der Waals surface area contributed by atoms with Crippen molar-refractivity contribution >= 4 is 28.3 Å². The second-order valence-corrected chi connectivity index (χ2v) is 6.65. The van der Waals surface area contributed by atoms with Crippen LogP contribution in [0.1, 0.15) is 29.3 Å². The van der Waals surface area contributed by atoms with Crippen LogP contribution in [0.4, 0.5) is 0 Å². The van der Waals surface area contributed by atoms with Gasteiger partial charge in [0.2, 0.25) is 5.91 Å². The molecule has 6 heteroatoms. The lowest BCUT2D eigenvalue weighted by Crippen LogP contribution is -2.21. The third kappa shape index (κ3) is 5.30. The average Bonchev–Trinajstić information content (AvgIpc) is 2.35. The molecule has 106 valence electrons. The number of carbonyl (C=O) groups excluding carboxylic acids is 1. The van der Waals surface area contributed by atoms with Crippen molar-refractivity contribution in [1.29, 1.82) is 0 Å². The Kier molecular flexibility index (Phi) is 6.48. The zero-order valence-corrected chi connectivity index (χ0v) is 12.7. The summed E-state index contributed by atoms with van der Waals surface area (Å²) < 4.78 is 11.2. The highest BCUT2D eigenvalue weighted by Gasteiger charge is 2.07. The summed E-state index contributed by atoms with van der Waals surface area (Å²) in [6.07, 6.45) is 2.56. The molecular weight excluding hydrogens is 284 g/mol. The van der Waals surface area contributed by atoms with Crippen molar-refractivity contribution in [2.75, 3.05) is 12.8 Å². The molecule has 0 saturated carbocycles. The SMILES string of the molecule is CC(CCNCc1ccc(C(N)=O)cc1Cl)S(C)=O. The van der Waals surface area contributed by atoms with Gasteiger partial charge in [0.1, 0.15) is 0 Å². The summed E-state index contributed by atoms with van der Waals surface area (Å²) in [6, 6.07) is 5.02. The molecule has 2 atom stereocenters. The average molecular weight is 303 g/mol. The van der Waals surface area contributed by atoms with Crippen LogP contribution in [0.25, 0.3) is 0 Å². The summed E-state index contributed by atoms with van der Waals surface area (Å²) in [6.45, 7) is 3.35. The predicted molar refractivity (Wildman–Crippen MR) is 79.8 cm³/mol. The van der Waals surface area contributed by atoms with Crippen molar-refractivity contribution in [3.05, 3.63) is 34.3 Å². The Morgan fingerprint density at radius 1 is 1.53 bits per heavy atom. The van der Waals surface area contributed by atoms with Crippen molar-refractivity contribution in [1.82, 2.24) is 5.32 Å². The zero-order chi connectivity index (χ0) is 14.4. The van der Waals surface area contributed by atoms with Crippen molar-refractivity contribution in [3.8, 4) is 0 Å². The fourth-order valence-electron chi connectivity index (χ4n) is 1.54. The Bertz CT molecular complexity index is 480. The van der Waals surface area contributed by atoms with Gasteiger partial charge in [-0.25, -0.2) is 0 Å². The molecule has 4 nitrogen and oxygen atoms in total. The number of benzene rings is 1. The zero-order valence-electron chi connectivity index (χ0n) is 11.1. The fourth-order valence-corrected chi connectivity index (χ4v) is 2.24. The fraction of sp³-hybridized carbons (Fsp3) is 0.462. The van der Waals surface area contributed by atoms with Crippen molar-refractivity contribution in [3.63, 3.8) is 0 Å². The van der Waals surface area contributed by atoms with E-state index in [2.05, 4.69) is 5.32 Å². The number of halogens is 1. The number of amides is 1. The second-order valence-electron chi connectivity index (χ2n) is 4.45. The quantitative estimate of drug-likeness (QED) is 0.753. The molecule has 0 aliphatic carbocycles. The van der Waals surface area contributed by atoms with Crippen LogP contribution in [0.15, 0.2) is 18.2 Å². The minimum atomic E-state index is -0.788. The van der Waals surface area contributed by atoms with E-state index in [1.54, 1.807) is 24.5 Å². The Morgan fingerprint density at radius 2 is 2.21 bits per heavy atom. The summed E-state index contributed by atoms with van der Waals surface area (Å²) in [5.41, 5.74) is 6.49. The monoisotopic (exact) mass is 302 g/mol. The Hall–Kier alpha value is -0.910. The van der Waals surface area contributed by atoms with Gasteiger partial charge >= 0.3 is 0 Å². The molecule has 0 aromatic heterocycles. The molecular formula is C13H19ClN2O2S. The molecule has 1 rings (SSSR count). The van der Waals surface area contributed by atoms with E-state index in [0.717, 1.165) is 18.5 Å². The lowest BCUT2D eigenvalue weighted by molar-refractivity contribution is 0.100. The second kappa shape index (κ2) is 7.62. The normalized spacial score (nSPS) is 14.1. The predicted octanol–water partition coefficient (Wildman–Crippen LogP) is 1.69. The van der Waals surface area contributed by atoms with Crippen LogP contribution in [0.5, 0.6) is 0 Å². The largest absolute Gasteiger partial charge is 0.366 e. The standard InChI is InChI=1S/C13H19ClN2O2S/c1-9(19(2)18)5-6-16-8-11-4-3-10(13(15)17)7-12(11)14/h3-4,7,9,16H,5-6,8H2,1-2H3,(H2,15,17). The molecule has 1 aromatic rings. The van der Waals surface area contributed by atoms with Crippen LogP contribution in [0.3, 0.4) is 0 Å². The molecule has 3 N–H and O–H groups in total. The summed E-state index contributed by atoms with van der Waals surface area (Å²) in [5.74, 6) is -0.486. The minimum Gasteiger partial charge on any atom is -0.366 e. The number of hydrogen-bond donors (Lipinski definition) is 2. The van der Waals surface area contributed by atoms with Gasteiger partial charge in [0.15, 0.2) is 0 Å². The van der Waals surface area contributed by atoms with E-state index in [0.29, 0.717) is 17.1 Å². The number of hydrogen-bond acceptors (Lipinski definition) is 3. The molecule has 0 aliphatic heterocycles. The third-order valence-corrected chi connectivity index (χ3v) is 4.67. The van der Waals surface area contributed by atoms with Crippen LogP contribution in [0, 0.1) is 0 Å². The van der Waals surface area contributed by atoms with E-state index in [-0.39, 0.29) is 5.25 Å². The Morgan fingerprint density at radius 3 is 2.74 bits per heavy atom. The van der Waals surface area contributed by atoms with Crippen LogP contribution in [0.2, 0.25) is 5.02 Å². The highest BCUT2D eigenvalue weighted by Crippen LogP contribution is 2.17. The molecule has 1 amide bonds. The van der Waals surface area contributed by atoms with Crippen LogP contribution in [-0.2, 0) is 17.3 Å². The molecule has 2 unspecified atom stereocenters. The van der Waals surface area contributed by atoms with Gasteiger partial charge < -0.3 is 11.1 Å². The molecule has 19 heavy (non-hydrogen) atoms.